The molecule has 4 N–H and O–H groups in total. The molecule has 7 nitrogen and oxygen atoms in total. The topological polar surface area (TPSA) is 100 Å². The van der Waals surface area contributed by atoms with Gasteiger partial charge < -0.3 is 21.3 Å². The number of anilines is 2. The second-order valence-corrected chi connectivity index (χ2v) is 6.60. The van der Waals surface area contributed by atoms with E-state index in [1.807, 2.05) is 18.2 Å². The van der Waals surface area contributed by atoms with Crippen LogP contribution >= 0.6 is 0 Å². The van der Waals surface area contributed by atoms with E-state index in [-0.39, 0.29) is 18.9 Å². The van der Waals surface area contributed by atoms with Crippen molar-refractivity contribution in [3.05, 3.63) is 53.3 Å². The Bertz CT molecular complexity index is 900. The van der Waals surface area contributed by atoms with Gasteiger partial charge in [0.15, 0.2) is 0 Å². The highest BCUT2D eigenvalue weighted by atomic mass is 19.4. The molecule has 3 rings (SSSR count). The lowest BCUT2D eigenvalue weighted by Crippen LogP contribution is -2.39. The van der Waals surface area contributed by atoms with Crippen LogP contribution in [0.4, 0.5) is 29.3 Å². The number of alkyl halides is 3. The van der Waals surface area contributed by atoms with E-state index in [0.717, 1.165) is 29.1 Å². The number of hydrogen-bond donors (Lipinski definition) is 3. The minimum Gasteiger partial charge on any atom is -0.354 e. The number of urea groups is 1. The Kier molecular flexibility index (Phi) is 5.90. The van der Waals surface area contributed by atoms with Gasteiger partial charge in [-0.15, -0.1) is 0 Å². The summed E-state index contributed by atoms with van der Waals surface area (Å²) in [5.74, 6) is -0.0882. The average Bonchev–Trinajstić information content (AvgIpc) is 2.67. The number of benzene rings is 1. The lowest BCUT2D eigenvalue weighted by atomic mass is 9.97. The molecule has 154 valence electrons. The molecule has 29 heavy (non-hydrogen) atoms. The van der Waals surface area contributed by atoms with Crippen LogP contribution < -0.4 is 16.4 Å². The molecule has 0 radical (unpaired) electrons. The van der Waals surface area contributed by atoms with Crippen molar-refractivity contribution in [2.24, 2.45) is 5.73 Å². The summed E-state index contributed by atoms with van der Waals surface area (Å²) in [6, 6.07) is 7.16. The molecule has 0 saturated heterocycles. The van der Waals surface area contributed by atoms with Gasteiger partial charge in [-0.3, -0.25) is 4.79 Å². The smallest absolute Gasteiger partial charge is 0.354 e. The molecular formula is C19H20F3N5O2. The highest BCUT2D eigenvalue weighted by molar-refractivity contribution is 5.78. The van der Waals surface area contributed by atoms with Crippen LogP contribution in [0.2, 0.25) is 0 Å². The van der Waals surface area contributed by atoms with Crippen LogP contribution in [0.25, 0.3) is 0 Å². The van der Waals surface area contributed by atoms with Gasteiger partial charge >= 0.3 is 12.2 Å². The fourth-order valence-corrected chi connectivity index (χ4v) is 3.18. The van der Waals surface area contributed by atoms with E-state index in [0.29, 0.717) is 25.2 Å². The number of primary amides is 1. The Morgan fingerprint density at radius 3 is 2.66 bits per heavy atom. The van der Waals surface area contributed by atoms with Crippen molar-refractivity contribution in [3.8, 4) is 0 Å². The molecule has 3 amide bonds. The number of nitrogens with zero attached hydrogens (tertiary/aromatic N) is 2. The number of carbonyl (C=O) groups is 2. The third kappa shape index (κ3) is 5.15. The van der Waals surface area contributed by atoms with E-state index >= 15 is 0 Å². The van der Waals surface area contributed by atoms with Crippen molar-refractivity contribution in [3.63, 3.8) is 0 Å². The van der Waals surface area contributed by atoms with Crippen LogP contribution in [0.15, 0.2) is 36.5 Å². The molecule has 0 fully saturated rings. The normalized spacial score (nSPS) is 13.6. The Hall–Kier alpha value is -3.30. The molecule has 0 atom stereocenters. The fraction of sp³-hybridized carbons (Fsp3) is 0.316. The zero-order valence-corrected chi connectivity index (χ0v) is 15.4. The van der Waals surface area contributed by atoms with Crippen LogP contribution in [-0.4, -0.2) is 34.9 Å². The van der Waals surface area contributed by atoms with Gasteiger partial charge in [0, 0.05) is 31.7 Å². The van der Waals surface area contributed by atoms with Crippen LogP contribution in [-0.2, 0) is 23.9 Å². The summed E-state index contributed by atoms with van der Waals surface area (Å²) in [5, 5.41) is 5.50. The second-order valence-electron chi connectivity index (χ2n) is 6.60. The minimum absolute atomic E-state index is 0.0882. The Balaban J connectivity index is 1.68. The maximum atomic E-state index is 12.6. The molecule has 0 bridgehead atoms. The lowest BCUT2D eigenvalue weighted by Gasteiger charge is -2.30. The van der Waals surface area contributed by atoms with Crippen molar-refractivity contribution in [1.29, 1.82) is 0 Å². The van der Waals surface area contributed by atoms with Crippen molar-refractivity contribution >= 4 is 23.3 Å². The minimum atomic E-state index is -4.48. The van der Waals surface area contributed by atoms with Crippen molar-refractivity contribution in [2.45, 2.75) is 25.6 Å². The van der Waals surface area contributed by atoms with Gasteiger partial charge in [-0.25, -0.2) is 9.78 Å². The quantitative estimate of drug-likeness (QED) is 0.710. The van der Waals surface area contributed by atoms with Gasteiger partial charge in [0.05, 0.1) is 11.9 Å². The zero-order valence-electron chi connectivity index (χ0n) is 15.4. The van der Waals surface area contributed by atoms with E-state index in [1.165, 1.54) is 6.07 Å². The number of hydrogen-bond acceptors (Lipinski definition) is 4. The first-order chi connectivity index (χ1) is 13.7. The zero-order chi connectivity index (χ0) is 21.0. The average molecular weight is 407 g/mol. The van der Waals surface area contributed by atoms with Crippen LogP contribution in [0.1, 0.15) is 23.2 Å². The maximum Gasteiger partial charge on any atom is 0.433 e. The number of amides is 3. The summed E-state index contributed by atoms with van der Waals surface area (Å²) in [6.07, 6.45) is -2.57. The first-order valence-corrected chi connectivity index (χ1v) is 8.96. The van der Waals surface area contributed by atoms with E-state index in [1.54, 1.807) is 4.90 Å². The molecule has 1 aromatic carbocycles. The standard InChI is InChI=1S/C19H20F3N5O2/c20-19(21,22)16-5-4-13(10-25-16)26-15-3-1-2-12-11-27(9-7-14(12)15)17(28)6-8-24-18(23)29/h1-5,10,26H,6-9,11H2,(H3,23,24,29). The summed E-state index contributed by atoms with van der Waals surface area (Å²) in [4.78, 5) is 28.1. The summed E-state index contributed by atoms with van der Waals surface area (Å²) < 4.78 is 37.9. The first-order valence-electron chi connectivity index (χ1n) is 8.96. The van der Waals surface area contributed by atoms with E-state index in [9.17, 15) is 22.8 Å². The first kappa shape index (κ1) is 20.4. The predicted molar refractivity (Wildman–Crippen MR) is 100 cm³/mol. The number of nitrogens with two attached hydrogens (primary N) is 1. The fourth-order valence-electron chi connectivity index (χ4n) is 3.18. The monoisotopic (exact) mass is 407 g/mol. The van der Waals surface area contributed by atoms with E-state index in [2.05, 4.69) is 15.6 Å². The van der Waals surface area contributed by atoms with Crippen molar-refractivity contribution < 1.29 is 22.8 Å². The molecule has 2 aromatic rings. The number of halogens is 3. The third-order valence-electron chi connectivity index (χ3n) is 4.59. The molecule has 1 aliphatic heterocycles. The van der Waals surface area contributed by atoms with Gasteiger partial charge in [0.1, 0.15) is 5.69 Å². The Morgan fingerprint density at radius 2 is 2.00 bits per heavy atom. The number of rotatable bonds is 5. The highest BCUT2D eigenvalue weighted by Crippen LogP contribution is 2.31. The molecule has 0 aliphatic carbocycles. The molecular weight excluding hydrogens is 387 g/mol. The maximum absolute atomic E-state index is 12.6. The van der Waals surface area contributed by atoms with Gasteiger partial charge in [-0.05, 0) is 35.7 Å². The van der Waals surface area contributed by atoms with Gasteiger partial charge in [0.25, 0.3) is 0 Å². The second kappa shape index (κ2) is 8.38. The summed E-state index contributed by atoms with van der Waals surface area (Å²) in [5.41, 5.74) is 7.22. The van der Waals surface area contributed by atoms with Gasteiger partial charge in [-0.2, -0.15) is 13.2 Å². The largest absolute Gasteiger partial charge is 0.433 e. The van der Waals surface area contributed by atoms with Gasteiger partial charge in [0.2, 0.25) is 5.91 Å². The Labute approximate surface area is 165 Å². The molecule has 1 aliphatic rings. The highest BCUT2D eigenvalue weighted by Gasteiger charge is 2.32. The molecule has 0 saturated carbocycles. The van der Waals surface area contributed by atoms with Crippen molar-refractivity contribution in [2.75, 3.05) is 18.4 Å². The molecule has 2 heterocycles. The summed E-state index contributed by atoms with van der Waals surface area (Å²) in [7, 11) is 0. The van der Waals surface area contributed by atoms with Crippen molar-refractivity contribution in [1.82, 2.24) is 15.2 Å². The van der Waals surface area contributed by atoms with Crippen LogP contribution in [0.5, 0.6) is 0 Å². The Morgan fingerprint density at radius 1 is 1.21 bits per heavy atom. The van der Waals surface area contributed by atoms with E-state index < -0.39 is 17.9 Å². The number of carbonyl (C=O) groups excluding carboxylic acids is 2. The summed E-state index contributed by atoms with van der Waals surface area (Å²) in [6.45, 7) is 1.11. The number of nitrogens with one attached hydrogen (secondary N) is 2. The predicted octanol–water partition coefficient (Wildman–Crippen LogP) is 2.79. The third-order valence-corrected chi connectivity index (χ3v) is 4.59. The van der Waals surface area contributed by atoms with Crippen LogP contribution in [0.3, 0.4) is 0 Å². The molecule has 1 aromatic heterocycles. The molecule has 10 heteroatoms. The van der Waals surface area contributed by atoms with E-state index in [4.69, 9.17) is 5.73 Å². The summed E-state index contributed by atoms with van der Waals surface area (Å²) >= 11 is 0. The number of pyridine rings is 1. The number of aromatic nitrogens is 1. The molecule has 0 unspecified atom stereocenters. The molecule has 0 spiro atoms. The SMILES string of the molecule is NC(=O)NCCC(=O)N1CCc2c(cccc2Nc2ccc(C(F)(F)F)nc2)C1. The number of fused-ring (bicyclic) bond motifs is 1. The van der Waals surface area contributed by atoms with Crippen LogP contribution in [0, 0.1) is 0 Å². The van der Waals surface area contributed by atoms with Gasteiger partial charge in [-0.1, -0.05) is 12.1 Å². The lowest BCUT2D eigenvalue weighted by molar-refractivity contribution is -0.141.